The fourth-order valence-electron chi connectivity index (χ4n) is 3.60. The van der Waals surface area contributed by atoms with Crippen LogP contribution in [0.15, 0.2) is 18.5 Å². The average molecular weight is 287 g/mol. The largest absolute Gasteiger partial charge is 0.394 e. The standard InChI is InChI=1S/C17H25N3O/c1-12-8-15-16(9-13(12)2)20(11-19-15)7-5-14-4-3-6-17(14,18)10-21/h8-9,11,14,21H,3-7,10,18H2,1-2H3. The number of aliphatic hydroxyl groups is 1. The van der Waals surface area contributed by atoms with E-state index in [0.717, 1.165) is 37.7 Å². The molecule has 0 aliphatic heterocycles. The van der Waals surface area contributed by atoms with Crippen LogP contribution >= 0.6 is 0 Å². The molecule has 4 heteroatoms. The van der Waals surface area contributed by atoms with Crippen molar-refractivity contribution in [3.63, 3.8) is 0 Å². The first-order valence-electron chi connectivity index (χ1n) is 7.85. The lowest BCUT2D eigenvalue weighted by atomic mass is 9.86. The smallest absolute Gasteiger partial charge is 0.0958 e. The summed E-state index contributed by atoms with van der Waals surface area (Å²) in [6, 6.07) is 4.37. The summed E-state index contributed by atoms with van der Waals surface area (Å²) in [5.74, 6) is 0.409. The molecule has 1 aliphatic carbocycles. The highest BCUT2D eigenvalue weighted by Crippen LogP contribution is 2.36. The lowest BCUT2D eigenvalue weighted by Crippen LogP contribution is -2.47. The summed E-state index contributed by atoms with van der Waals surface area (Å²) in [7, 11) is 0. The monoisotopic (exact) mass is 287 g/mol. The molecule has 114 valence electrons. The number of imidazole rings is 1. The Bertz CT molecular complexity index is 649. The molecule has 0 radical (unpaired) electrons. The topological polar surface area (TPSA) is 64.1 Å². The Labute approximate surface area is 126 Å². The van der Waals surface area contributed by atoms with E-state index in [9.17, 15) is 5.11 Å². The molecule has 1 aliphatic rings. The minimum absolute atomic E-state index is 0.0979. The summed E-state index contributed by atoms with van der Waals surface area (Å²) in [4.78, 5) is 4.50. The maximum absolute atomic E-state index is 9.55. The lowest BCUT2D eigenvalue weighted by Gasteiger charge is -2.29. The highest BCUT2D eigenvalue weighted by atomic mass is 16.3. The van der Waals surface area contributed by atoms with Crippen LogP contribution in [0.1, 0.15) is 36.8 Å². The number of aryl methyl sites for hydroxylation is 3. The zero-order valence-electron chi connectivity index (χ0n) is 13.0. The van der Waals surface area contributed by atoms with Crippen LogP contribution in [0.4, 0.5) is 0 Å². The Morgan fingerprint density at radius 2 is 2.14 bits per heavy atom. The molecule has 1 heterocycles. The molecule has 1 fully saturated rings. The van der Waals surface area contributed by atoms with Crippen molar-refractivity contribution in [1.29, 1.82) is 0 Å². The molecule has 3 N–H and O–H groups in total. The predicted octanol–water partition coefficient (Wildman–Crippen LogP) is 2.53. The molecule has 1 aromatic carbocycles. The van der Waals surface area contributed by atoms with E-state index in [2.05, 4.69) is 35.5 Å². The third-order valence-electron chi connectivity index (χ3n) is 5.26. The SMILES string of the molecule is Cc1cc2ncn(CCC3CCCC3(N)CO)c2cc1C. The van der Waals surface area contributed by atoms with Gasteiger partial charge in [0, 0.05) is 12.1 Å². The van der Waals surface area contributed by atoms with E-state index < -0.39 is 0 Å². The maximum Gasteiger partial charge on any atom is 0.0958 e. The van der Waals surface area contributed by atoms with Gasteiger partial charge in [-0.3, -0.25) is 0 Å². The van der Waals surface area contributed by atoms with E-state index in [0.29, 0.717) is 5.92 Å². The van der Waals surface area contributed by atoms with Crippen molar-refractivity contribution in [2.75, 3.05) is 6.61 Å². The van der Waals surface area contributed by atoms with Gasteiger partial charge in [0.15, 0.2) is 0 Å². The van der Waals surface area contributed by atoms with Crippen molar-refractivity contribution >= 4 is 11.0 Å². The normalized spacial score (nSPS) is 25.8. The van der Waals surface area contributed by atoms with Crippen LogP contribution in [0.2, 0.25) is 0 Å². The van der Waals surface area contributed by atoms with Gasteiger partial charge in [-0.25, -0.2) is 4.98 Å². The molecule has 1 saturated carbocycles. The highest BCUT2D eigenvalue weighted by molar-refractivity contribution is 5.77. The molecule has 3 rings (SSSR count). The summed E-state index contributed by atoms with van der Waals surface area (Å²) in [5.41, 5.74) is 10.8. The van der Waals surface area contributed by atoms with Crippen molar-refractivity contribution < 1.29 is 5.11 Å². The molecular formula is C17H25N3O. The molecule has 4 nitrogen and oxygen atoms in total. The maximum atomic E-state index is 9.55. The minimum Gasteiger partial charge on any atom is -0.394 e. The van der Waals surface area contributed by atoms with Crippen LogP contribution in [-0.4, -0.2) is 26.8 Å². The van der Waals surface area contributed by atoms with E-state index in [4.69, 9.17) is 5.73 Å². The first-order chi connectivity index (χ1) is 10.0. The molecular weight excluding hydrogens is 262 g/mol. The van der Waals surface area contributed by atoms with Crippen LogP contribution in [-0.2, 0) is 6.54 Å². The first-order valence-corrected chi connectivity index (χ1v) is 7.85. The molecule has 0 bridgehead atoms. The Hall–Kier alpha value is -1.39. The number of rotatable bonds is 4. The van der Waals surface area contributed by atoms with Gasteiger partial charge in [-0.2, -0.15) is 0 Å². The summed E-state index contributed by atoms with van der Waals surface area (Å²) < 4.78 is 2.22. The van der Waals surface area contributed by atoms with Crippen LogP contribution in [0.5, 0.6) is 0 Å². The van der Waals surface area contributed by atoms with Crippen LogP contribution in [0.25, 0.3) is 11.0 Å². The lowest BCUT2D eigenvalue weighted by molar-refractivity contribution is 0.153. The van der Waals surface area contributed by atoms with Gasteiger partial charge in [0.2, 0.25) is 0 Å². The second-order valence-electron chi connectivity index (χ2n) is 6.63. The number of aliphatic hydroxyl groups excluding tert-OH is 1. The van der Waals surface area contributed by atoms with Crippen molar-refractivity contribution in [3.05, 3.63) is 29.6 Å². The van der Waals surface area contributed by atoms with E-state index in [1.54, 1.807) is 0 Å². The van der Waals surface area contributed by atoms with Crippen LogP contribution < -0.4 is 5.73 Å². The molecule has 0 saturated heterocycles. The molecule has 2 atom stereocenters. The van der Waals surface area contributed by atoms with Gasteiger partial charge in [-0.15, -0.1) is 0 Å². The number of benzene rings is 1. The molecule has 0 amide bonds. The molecule has 0 spiro atoms. The number of hydrogen-bond acceptors (Lipinski definition) is 3. The zero-order valence-corrected chi connectivity index (χ0v) is 13.0. The Balaban J connectivity index is 1.78. The summed E-state index contributed by atoms with van der Waals surface area (Å²) in [6.07, 6.45) is 6.13. The third kappa shape index (κ3) is 2.58. The summed E-state index contributed by atoms with van der Waals surface area (Å²) in [5, 5.41) is 9.55. The van der Waals surface area contributed by atoms with Crippen molar-refractivity contribution in [2.24, 2.45) is 11.7 Å². The number of nitrogens with two attached hydrogens (primary N) is 1. The van der Waals surface area contributed by atoms with Crippen molar-refractivity contribution in [2.45, 2.75) is 51.6 Å². The highest BCUT2D eigenvalue weighted by Gasteiger charge is 2.38. The Kier molecular flexibility index (Phi) is 3.76. The van der Waals surface area contributed by atoms with Gasteiger partial charge in [0.05, 0.1) is 24.0 Å². The summed E-state index contributed by atoms with van der Waals surface area (Å²) in [6.45, 7) is 5.28. The van der Waals surface area contributed by atoms with Gasteiger partial charge >= 0.3 is 0 Å². The van der Waals surface area contributed by atoms with Crippen LogP contribution in [0, 0.1) is 19.8 Å². The fourth-order valence-corrected chi connectivity index (χ4v) is 3.60. The zero-order chi connectivity index (χ0) is 15.0. The third-order valence-corrected chi connectivity index (χ3v) is 5.26. The van der Waals surface area contributed by atoms with Gasteiger partial charge in [-0.05, 0) is 62.3 Å². The first kappa shape index (κ1) is 14.5. The average Bonchev–Trinajstić information content (AvgIpc) is 3.02. The molecule has 2 unspecified atom stereocenters. The van der Waals surface area contributed by atoms with Gasteiger partial charge < -0.3 is 15.4 Å². The fraction of sp³-hybridized carbons (Fsp3) is 0.588. The van der Waals surface area contributed by atoms with E-state index >= 15 is 0 Å². The van der Waals surface area contributed by atoms with Gasteiger partial charge in [0.25, 0.3) is 0 Å². The number of nitrogens with zero attached hydrogens (tertiary/aromatic N) is 2. The second kappa shape index (κ2) is 5.43. The van der Waals surface area contributed by atoms with Crippen molar-refractivity contribution in [3.8, 4) is 0 Å². The minimum atomic E-state index is -0.372. The van der Waals surface area contributed by atoms with E-state index in [1.165, 1.54) is 16.6 Å². The van der Waals surface area contributed by atoms with Gasteiger partial charge in [0.1, 0.15) is 0 Å². The summed E-state index contributed by atoms with van der Waals surface area (Å²) >= 11 is 0. The number of aromatic nitrogens is 2. The molecule has 1 aromatic heterocycles. The Morgan fingerprint density at radius 1 is 1.38 bits per heavy atom. The second-order valence-corrected chi connectivity index (χ2v) is 6.63. The predicted molar refractivity (Wildman–Crippen MR) is 85.2 cm³/mol. The molecule has 2 aromatic rings. The van der Waals surface area contributed by atoms with E-state index in [-0.39, 0.29) is 12.1 Å². The van der Waals surface area contributed by atoms with E-state index in [1.807, 2.05) is 6.33 Å². The quantitative estimate of drug-likeness (QED) is 0.908. The van der Waals surface area contributed by atoms with Gasteiger partial charge in [-0.1, -0.05) is 6.42 Å². The number of fused-ring (bicyclic) bond motifs is 1. The van der Waals surface area contributed by atoms with Crippen molar-refractivity contribution in [1.82, 2.24) is 9.55 Å². The molecule has 21 heavy (non-hydrogen) atoms. The number of hydrogen-bond donors (Lipinski definition) is 2. The van der Waals surface area contributed by atoms with Crippen LogP contribution in [0.3, 0.4) is 0 Å². The Morgan fingerprint density at radius 3 is 2.90 bits per heavy atom.